The summed E-state index contributed by atoms with van der Waals surface area (Å²) in [5, 5.41) is 8.90. The molecule has 0 aliphatic carbocycles. The van der Waals surface area contributed by atoms with Crippen molar-refractivity contribution in [1.29, 1.82) is 0 Å². The highest BCUT2D eigenvalue weighted by atomic mass is 31.2. The number of aliphatic carboxylic acids is 1. The highest BCUT2D eigenvalue weighted by Crippen LogP contribution is 2.43. The van der Waals surface area contributed by atoms with Crippen molar-refractivity contribution in [2.45, 2.75) is 251 Å². The first-order valence-corrected chi connectivity index (χ1v) is 25.1. The molecule has 0 amide bonds. The molecule has 0 aromatic carbocycles. The van der Waals surface area contributed by atoms with Crippen LogP contribution in [0.4, 0.5) is 0 Å². The van der Waals surface area contributed by atoms with E-state index in [9.17, 15) is 23.8 Å². The fourth-order valence-corrected chi connectivity index (χ4v) is 7.67. The Hall–Kier alpha value is -1.52. The second-order valence-electron chi connectivity index (χ2n) is 16.3. The summed E-state index contributed by atoms with van der Waals surface area (Å²) in [5.74, 6) is -2.35. The van der Waals surface area contributed by atoms with Crippen molar-refractivity contribution in [3.63, 3.8) is 0 Å². The summed E-state index contributed by atoms with van der Waals surface area (Å²) in [6.07, 6.45) is 40.2. The number of unbranched alkanes of at least 4 members (excludes halogenated alkanes) is 31. The minimum Gasteiger partial charge on any atom is -0.480 e. The van der Waals surface area contributed by atoms with E-state index in [0.29, 0.717) is 12.8 Å². The molecule has 0 rings (SSSR count). The van der Waals surface area contributed by atoms with Crippen molar-refractivity contribution < 1.29 is 47.5 Å². The van der Waals surface area contributed by atoms with Gasteiger partial charge in [0, 0.05) is 12.8 Å². The number of carboxylic acids is 1. The molecule has 0 bridgehead atoms. The molecule has 0 radical (unpaired) electrons. The second-order valence-corrected chi connectivity index (χ2v) is 17.7. The Kier molecular flexibility index (Phi) is 40.1. The minimum atomic E-state index is -4.71. The molecule has 0 spiro atoms. The molecule has 3 unspecified atom stereocenters. The monoisotopic (exact) mass is 834 g/mol. The fourth-order valence-electron chi connectivity index (χ4n) is 6.89. The van der Waals surface area contributed by atoms with Gasteiger partial charge in [-0.15, -0.1) is 0 Å². The summed E-state index contributed by atoms with van der Waals surface area (Å²) in [4.78, 5) is 46.0. The lowest BCUT2D eigenvalue weighted by molar-refractivity contribution is -0.161. The maximum atomic E-state index is 12.7. The summed E-state index contributed by atoms with van der Waals surface area (Å²) in [7, 11) is -4.71. The summed E-state index contributed by atoms with van der Waals surface area (Å²) in [5.41, 5.74) is 5.34. The van der Waals surface area contributed by atoms with Gasteiger partial charge in [-0.3, -0.25) is 23.4 Å². The summed E-state index contributed by atoms with van der Waals surface area (Å²) >= 11 is 0. The molecule has 338 valence electrons. The molecule has 0 aliphatic heterocycles. The molecule has 0 aromatic rings. The molecule has 4 N–H and O–H groups in total. The number of ether oxygens (including phenoxy) is 2. The van der Waals surface area contributed by atoms with Gasteiger partial charge in [0.25, 0.3) is 0 Å². The van der Waals surface area contributed by atoms with Crippen LogP contribution in [-0.2, 0) is 37.5 Å². The molecular weight excluding hydrogens is 745 g/mol. The first-order valence-electron chi connectivity index (χ1n) is 23.6. The average molecular weight is 834 g/mol. The topological polar surface area (TPSA) is 172 Å². The zero-order valence-electron chi connectivity index (χ0n) is 36.7. The number of rotatable bonds is 45. The number of hydrogen-bond donors (Lipinski definition) is 3. The number of carbonyl (C=O) groups excluding carboxylic acids is 2. The van der Waals surface area contributed by atoms with Crippen LogP contribution in [0.25, 0.3) is 0 Å². The van der Waals surface area contributed by atoms with Crippen LogP contribution in [0.1, 0.15) is 239 Å². The third-order valence-corrected chi connectivity index (χ3v) is 11.6. The lowest BCUT2D eigenvalue weighted by atomic mass is 10.0. The molecule has 0 aliphatic rings. The second kappa shape index (κ2) is 41.2. The van der Waals surface area contributed by atoms with Crippen molar-refractivity contribution in [3.8, 4) is 0 Å². The van der Waals surface area contributed by atoms with Gasteiger partial charge in [0.05, 0.1) is 13.2 Å². The smallest absolute Gasteiger partial charge is 0.472 e. The van der Waals surface area contributed by atoms with Crippen molar-refractivity contribution >= 4 is 25.7 Å². The van der Waals surface area contributed by atoms with Crippen molar-refractivity contribution in [2.24, 2.45) is 5.73 Å². The Morgan fingerprint density at radius 3 is 1.11 bits per heavy atom. The van der Waals surface area contributed by atoms with Gasteiger partial charge in [-0.2, -0.15) is 0 Å². The average Bonchev–Trinajstić information content (AvgIpc) is 3.19. The predicted molar refractivity (Wildman–Crippen MR) is 231 cm³/mol. The van der Waals surface area contributed by atoms with Gasteiger partial charge < -0.3 is 25.2 Å². The number of hydrogen-bond acceptors (Lipinski definition) is 9. The van der Waals surface area contributed by atoms with E-state index in [-0.39, 0.29) is 19.4 Å². The van der Waals surface area contributed by atoms with E-state index in [1.54, 1.807) is 0 Å². The quantitative estimate of drug-likeness (QED) is 0.0303. The van der Waals surface area contributed by atoms with Crippen LogP contribution in [0.5, 0.6) is 0 Å². The molecule has 0 saturated carbocycles. The zero-order chi connectivity index (χ0) is 42.1. The largest absolute Gasteiger partial charge is 0.480 e. The maximum absolute atomic E-state index is 12.7. The summed E-state index contributed by atoms with van der Waals surface area (Å²) in [6.45, 7) is 2.85. The highest BCUT2D eigenvalue weighted by molar-refractivity contribution is 7.47. The zero-order valence-corrected chi connectivity index (χ0v) is 37.6. The lowest BCUT2D eigenvalue weighted by Crippen LogP contribution is -2.34. The van der Waals surface area contributed by atoms with Gasteiger partial charge in [-0.05, 0) is 12.8 Å². The molecule has 0 aromatic heterocycles. The van der Waals surface area contributed by atoms with Gasteiger partial charge in [0.1, 0.15) is 12.6 Å². The number of carboxylic acid groups (broad SMARTS) is 1. The van der Waals surface area contributed by atoms with Crippen molar-refractivity contribution in [2.75, 3.05) is 19.8 Å². The van der Waals surface area contributed by atoms with Crippen LogP contribution in [0.2, 0.25) is 0 Å². The van der Waals surface area contributed by atoms with E-state index in [0.717, 1.165) is 38.5 Å². The van der Waals surface area contributed by atoms with Gasteiger partial charge in [0.15, 0.2) is 6.10 Å². The normalized spacial score (nSPS) is 13.6. The van der Waals surface area contributed by atoms with Gasteiger partial charge in [0.2, 0.25) is 0 Å². The molecule has 0 fully saturated rings. The molecule has 3 atom stereocenters. The standard InChI is InChI=1S/C45H88NO10P/c1-3-5-7-9-11-13-15-17-19-20-21-22-23-25-27-29-31-33-35-37-44(48)56-41(39-54-57(51,52)55-40-42(46)45(49)50)38-53-43(47)36-34-32-30-28-26-24-18-16-14-12-10-8-6-4-2/h41-42H,3-40,46H2,1-2H3,(H,49,50)(H,51,52). The first-order chi connectivity index (χ1) is 27.6. The third-order valence-electron chi connectivity index (χ3n) is 10.6. The van der Waals surface area contributed by atoms with E-state index >= 15 is 0 Å². The summed E-state index contributed by atoms with van der Waals surface area (Å²) < 4.78 is 32.8. The molecule has 0 heterocycles. The van der Waals surface area contributed by atoms with E-state index in [4.69, 9.17) is 24.8 Å². The van der Waals surface area contributed by atoms with Crippen LogP contribution >= 0.6 is 7.82 Å². The van der Waals surface area contributed by atoms with Crippen LogP contribution in [-0.4, -0.2) is 59.9 Å². The van der Waals surface area contributed by atoms with Crippen LogP contribution in [0.15, 0.2) is 0 Å². The molecule has 11 nitrogen and oxygen atoms in total. The van der Waals surface area contributed by atoms with Gasteiger partial charge in [-0.25, -0.2) is 4.57 Å². The van der Waals surface area contributed by atoms with Crippen LogP contribution < -0.4 is 5.73 Å². The predicted octanol–water partition coefficient (Wildman–Crippen LogP) is 12.7. The van der Waals surface area contributed by atoms with Gasteiger partial charge >= 0.3 is 25.7 Å². The fraction of sp³-hybridized carbons (Fsp3) is 0.933. The number of phosphoric acid groups is 1. The summed E-state index contributed by atoms with van der Waals surface area (Å²) in [6, 6.07) is -1.52. The molecule has 12 heteroatoms. The van der Waals surface area contributed by atoms with E-state index in [1.165, 1.54) is 161 Å². The molecule has 0 saturated heterocycles. The van der Waals surface area contributed by atoms with Crippen LogP contribution in [0, 0.1) is 0 Å². The Morgan fingerprint density at radius 1 is 0.474 bits per heavy atom. The van der Waals surface area contributed by atoms with Crippen molar-refractivity contribution in [1.82, 2.24) is 0 Å². The van der Waals surface area contributed by atoms with E-state index < -0.39 is 51.1 Å². The Morgan fingerprint density at radius 2 is 0.772 bits per heavy atom. The Bertz CT molecular complexity index is 984. The molecular formula is C45H88NO10P. The number of carbonyl (C=O) groups is 3. The minimum absolute atomic E-state index is 0.170. The van der Waals surface area contributed by atoms with Gasteiger partial charge in [-0.1, -0.05) is 213 Å². The molecule has 57 heavy (non-hydrogen) atoms. The maximum Gasteiger partial charge on any atom is 0.472 e. The Labute approximate surface area is 348 Å². The first kappa shape index (κ1) is 55.5. The lowest BCUT2D eigenvalue weighted by Gasteiger charge is -2.20. The van der Waals surface area contributed by atoms with E-state index in [2.05, 4.69) is 18.4 Å². The van der Waals surface area contributed by atoms with Crippen molar-refractivity contribution in [3.05, 3.63) is 0 Å². The van der Waals surface area contributed by atoms with Crippen LogP contribution in [0.3, 0.4) is 0 Å². The number of phosphoric ester groups is 1. The number of nitrogens with two attached hydrogens (primary N) is 1. The number of esters is 2. The SMILES string of the molecule is CCCCCCCCCCCCCCCCCCCCCC(=O)OC(COC(=O)CCCCCCCCCCCCCCCC)COP(=O)(O)OCC(N)C(=O)O. The Balaban J connectivity index is 4.25. The third kappa shape index (κ3) is 41.0. The van der Waals surface area contributed by atoms with E-state index in [1.807, 2.05) is 0 Å². The highest BCUT2D eigenvalue weighted by Gasteiger charge is 2.28.